The van der Waals surface area contributed by atoms with Crippen molar-refractivity contribution in [1.82, 2.24) is 13.8 Å². The molecule has 0 fully saturated rings. The highest BCUT2D eigenvalue weighted by Crippen LogP contribution is 2.24. The molecular weight excluding hydrogens is 316 g/mol. The van der Waals surface area contributed by atoms with Gasteiger partial charge < -0.3 is 10.1 Å². The monoisotopic (exact) mass is 330 g/mol. The molecule has 3 heterocycles. The van der Waals surface area contributed by atoms with Gasteiger partial charge in [0.2, 0.25) is 0 Å². The zero-order valence-electron chi connectivity index (χ0n) is 12.6. The van der Waals surface area contributed by atoms with Crippen LogP contribution in [0.3, 0.4) is 0 Å². The molecular formula is C15H14N4O3S. The van der Waals surface area contributed by atoms with E-state index in [1.54, 1.807) is 38.4 Å². The molecule has 0 aliphatic rings. The number of nitrogens with zero attached hydrogens (tertiary/aromatic N) is 3. The van der Waals surface area contributed by atoms with E-state index in [4.69, 9.17) is 4.74 Å². The van der Waals surface area contributed by atoms with Crippen molar-refractivity contribution < 1.29 is 9.53 Å². The number of nitrogens with one attached hydrogen (secondary N) is 1. The molecule has 7 nitrogen and oxygen atoms in total. The van der Waals surface area contributed by atoms with Crippen LogP contribution in [0.1, 0.15) is 21.7 Å². The van der Waals surface area contributed by atoms with E-state index in [1.165, 1.54) is 22.0 Å². The standard InChI is InChI=1S/C15H14N4O3S/c1-9-13(14(16-2)23-18-9)15(21)22-8-10-7-12(20)19-6-4-3-5-11(19)17-10/h3-7,16H,8H2,1-2H3. The SMILES string of the molecule is CNc1snc(C)c1C(=O)OCc1cc(=O)n2ccccc2n1. The molecule has 0 aromatic carbocycles. The summed E-state index contributed by atoms with van der Waals surface area (Å²) >= 11 is 1.20. The summed E-state index contributed by atoms with van der Waals surface area (Å²) in [7, 11) is 1.72. The van der Waals surface area contributed by atoms with Crippen LogP contribution in [0.2, 0.25) is 0 Å². The smallest absolute Gasteiger partial charge is 0.343 e. The molecule has 3 aromatic rings. The van der Waals surface area contributed by atoms with E-state index < -0.39 is 5.97 Å². The Morgan fingerprint density at radius 3 is 3.04 bits per heavy atom. The zero-order valence-corrected chi connectivity index (χ0v) is 13.4. The van der Waals surface area contributed by atoms with E-state index in [0.717, 1.165) is 0 Å². The molecule has 3 rings (SSSR count). The number of rotatable bonds is 4. The number of pyridine rings is 1. The van der Waals surface area contributed by atoms with Crippen molar-refractivity contribution in [1.29, 1.82) is 0 Å². The Kier molecular flexibility index (Phi) is 4.07. The number of carbonyl (C=O) groups excluding carboxylic acids is 1. The van der Waals surface area contributed by atoms with E-state index in [0.29, 0.717) is 27.6 Å². The second-order valence-corrected chi connectivity index (χ2v) is 5.59. The van der Waals surface area contributed by atoms with Crippen molar-refractivity contribution in [2.75, 3.05) is 12.4 Å². The Balaban J connectivity index is 1.82. The largest absolute Gasteiger partial charge is 0.455 e. The number of hydrogen-bond donors (Lipinski definition) is 1. The van der Waals surface area contributed by atoms with Crippen LogP contribution < -0.4 is 10.9 Å². The highest BCUT2D eigenvalue weighted by Gasteiger charge is 2.19. The van der Waals surface area contributed by atoms with Crippen LogP contribution in [0.15, 0.2) is 35.3 Å². The topological polar surface area (TPSA) is 85.6 Å². The number of esters is 1. The second kappa shape index (κ2) is 6.17. The van der Waals surface area contributed by atoms with E-state index in [9.17, 15) is 9.59 Å². The van der Waals surface area contributed by atoms with Crippen LogP contribution in [0.25, 0.3) is 5.65 Å². The van der Waals surface area contributed by atoms with E-state index >= 15 is 0 Å². The van der Waals surface area contributed by atoms with Gasteiger partial charge in [-0.25, -0.2) is 9.78 Å². The van der Waals surface area contributed by atoms with Crippen molar-refractivity contribution in [3.63, 3.8) is 0 Å². The molecule has 8 heteroatoms. The highest BCUT2D eigenvalue weighted by molar-refractivity contribution is 7.10. The van der Waals surface area contributed by atoms with Crippen LogP contribution in [0, 0.1) is 6.92 Å². The summed E-state index contributed by atoms with van der Waals surface area (Å²) in [6.07, 6.45) is 1.64. The summed E-state index contributed by atoms with van der Waals surface area (Å²) in [6.45, 7) is 1.67. The van der Waals surface area contributed by atoms with Gasteiger partial charge in [0.25, 0.3) is 5.56 Å². The number of anilines is 1. The summed E-state index contributed by atoms with van der Waals surface area (Å²) in [4.78, 5) is 28.5. The van der Waals surface area contributed by atoms with Crippen molar-refractivity contribution in [3.05, 3.63) is 57.8 Å². The quantitative estimate of drug-likeness (QED) is 0.735. The Labute approximate surface area is 135 Å². The van der Waals surface area contributed by atoms with Gasteiger partial charge in [-0.1, -0.05) is 6.07 Å². The molecule has 23 heavy (non-hydrogen) atoms. The molecule has 0 amide bonds. The fourth-order valence-corrected chi connectivity index (χ4v) is 2.90. The summed E-state index contributed by atoms with van der Waals surface area (Å²) < 4.78 is 10.8. The van der Waals surface area contributed by atoms with Gasteiger partial charge in [0.1, 0.15) is 22.8 Å². The number of aromatic nitrogens is 3. The predicted octanol–water partition coefficient (Wildman–Crippen LogP) is 1.86. The van der Waals surface area contributed by atoms with Gasteiger partial charge in [0.15, 0.2) is 0 Å². The van der Waals surface area contributed by atoms with Crippen LogP contribution in [0.5, 0.6) is 0 Å². The van der Waals surface area contributed by atoms with Gasteiger partial charge in [-0.05, 0) is 30.6 Å². The van der Waals surface area contributed by atoms with Gasteiger partial charge in [-0.2, -0.15) is 4.37 Å². The summed E-state index contributed by atoms with van der Waals surface area (Å²) in [6, 6.07) is 6.62. The normalized spacial score (nSPS) is 10.7. The summed E-state index contributed by atoms with van der Waals surface area (Å²) in [5.41, 5.74) is 1.72. The zero-order chi connectivity index (χ0) is 16.4. The fourth-order valence-electron chi connectivity index (χ4n) is 2.17. The Morgan fingerprint density at radius 2 is 2.26 bits per heavy atom. The maximum atomic E-state index is 12.2. The number of hydrogen-bond acceptors (Lipinski definition) is 7. The van der Waals surface area contributed by atoms with Crippen LogP contribution >= 0.6 is 11.5 Å². The lowest BCUT2D eigenvalue weighted by Gasteiger charge is -2.06. The molecule has 0 radical (unpaired) electrons. The van der Waals surface area contributed by atoms with Crippen molar-refractivity contribution in [2.45, 2.75) is 13.5 Å². The molecule has 0 saturated heterocycles. The molecule has 118 valence electrons. The minimum atomic E-state index is -0.490. The van der Waals surface area contributed by atoms with Crippen LogP contribution in [0.4, 0.5) is 5.00 Å². The molecule has 0 spiro atoms. The first-order valence-electron chi connectivity index (χ1n) is 6.88. The summed E-state index contributed by atoms with van der Waals surface area (Å²) in [5, 5.41) is 3.57. The Hall–Kier alpha value is -2.74. The van der Waals surface area contributed by atoms with Gasteiger partial charge in [-0.3, -0.25) is 9.20 Å². The third-order valence-electron chi connectivity index (χ3n) is 3.27. The van der Waals surface area contributed by atoms with E-state index in [2.05, 4.69) is 14.7 Å². The molecule has 0 bridgehead atoms. The van der Waals surface area contributed by atoms with Crippen molar-refractivity contribution >= 4 is 28.2 Å². The minimum absolute atomic E-state index is 0.0715. The number of carbonyl (C=O) groups is 1. The molecule has 3 aromatic heterocycles. The molecule has 1 N–H and O–H groups in total. The van der Waals surface area contributed by atoms with Gasteiger partial charge >= 0.3 is 5.97 Å². The average Bonchev–Trinajstić information content (AvgIpc) is 2.93. The maximum Gasteiger partial charge on any atom is 0.343 e. The van der Waals surface area contributed by atoms with Crippen LogP contribution in [-0.2, 0) is 11.3 Å². The molecule has 0 saturated carbocycles. The first-order chi connectivity index (χ1) is 11.1. The highest BCUT2D eigenvalue weighted by atomic mass is 32.1. The molecule has 0 aliphatic heterocycles. The number of aryl methyl sites for hydroxylation is 1. The Bertz CT molecular complexity index is 932. The van der Waals surface area contributed by atoms with Crippen molar-refractivity contribution in [2.24, 2.45) is 0 Å². The van der Waals surface area contributed by atoms with Gasteiger partial charge in [-0.15, -0.1) is 0 Å². The second-order valence-electron chi connectivity index (χ2n) is 4.81. The number of fused-ring (bicyclic) bond motifs is 1. The molecule has 0 unspecified atom stereocenters. The Morgan fingerprint density at radius 1 is 1.43 bits per heavy atom. The first-order valence-corrected chi connectivity index (χ1v) is 7.66. The van der Waals surface area contributed by atoms with Gasteiger partial charge in [0.05, 0.1) is 11.4 Å². The van der Waals surface area contributed by atoms with Crippen molar-refractivity contribution in [3.8, 4) is 0 Å². The number of ether oxygens (including phenoxy) is 1. The van der Waals surface area contributed by atoms with Crippen LogP contribution in [-0.4, -0.2) is 26.8 Å². The average molecular weight is 330 g/mol. The lowest BCUT2D eigenvalue weighted by atomic mass is 10.2. The van der Waals surface area contributed by atoms with E-state index in [-0.39, 0.29) is 12.2 Å². The maximum absolute atomic E-state index is 12.2. The fraction of sp³-hybridized carbons (Fsp3) is 0.200. The molecule has 0 aliphatic carbocycles. The third kappa shape index (κ3) is 2.93. The molecule has 0 atom stereocenters. The lowest BCUT2D eigenvalue weighted by molar-refractivity contribution is 0.0468. The third-order valence-corrected chi connectivity index (χ3v) is 4.23. The van der Waals surface area contributed by atoms with E-state index in [1.807, 2.05) is 0 Å². The minimum Gasteiger partial charge on any atom is -0.455 e. The van der Waals surface area contributed by atoms with Gasteiger partial charge in [0, 0.05) is 19.3 Å². The predicted molar refractivity (Wildman–Crippen MR) is 87.0 cm³/mol. The first kappa shape index (κ1) is 15.2. The lowest BCUT2D eigenvalue weighted by Crippen LogP contribution is -2.16. The summed E-state index contributed by atoms with van der Waals surface area (Å²) in [5.74, 6) is -0.490.